The molecule has 13 heavy (non-hydrogen) atoms. The molecule has 0 bridgehead atoms. The molecule has 0 radical (unpaired) electrons. The Balaban J connectivity index is 2.08. The van der Waals surface area contributed by atoms with Crippen LogP contribution in [0.1, 0.15) is 11.4 Å². The van der Waals surface area contributed by atoms with Gasteiger partial charge in [0.15, 0.2) is 0 Å². The van der Waals surface area contributed by atoms with Crippen molar-refractivity contribution in [3.8, 4) is 0 Å². The van der Waals surface area contributed by atoms with Crippen molar-refractivity contribution in [2.75, 3.05) is 20.2 Å². The smallest absolute Gasteiger partial charge is 0.0981 e. The summed E-state index contributed by atoms with van der Waals surface area (Å²) in [5, 5.41) is 3.22. The van der Waals surface area contributed by atoms with Crippen molar-refractivity contribution in [1.29, 1.82) is 0 Å². The molecule has 1 aliphatic heterocycles. The molecule has 2 rings (SSSR count). The molecule has 1 saturated heterocycles. The van der Waals surface area contributed by atoms with Crippen LogP contribution < -0.4 is 5.32 Å². The summed E-state index contributed by atoms with van der Waals surface area (Å²) < 4.78 is 5.49. The standard InChI is InChI=1S/C9H15N3O/c1-7-8(12-6-11-7)3-9(13-2)4-10-5-9/h6,10H,3-5H2,1-2H3,(H,11,12). The van der Waals surface area contributed by atoms with Gasteiger partial charge in [0.05, 0.1) is 17.6 Å². The predicted molar refractivity (Wildman–Crippen MR) is 49.6 cm³/mol. The third kappa shape index (κ3) is 1.47. The van der Waals surface area contributed by atoms with E-state index in [1.807, 2.05) is 6.92 Å². The molecule has 1 aliphatic rings. The normalized spacial score (nSPS) is 19.8. The monoisotopic (exact) mass is 181 g/mol. The Kier molecular flexibility index (Phi) is 2.09. The first-order valence-electron chi connectivity index (χ1n) is 4.50. The van der Waals surface area contributed by atoms with Crippen LogP contribution in [-0.4, -0.2) is 35.8 Å². The van der Waals surface area contributed by atoms with E-state index in [2.05, 4.69) is 15.3 Å². The van der Waals surface area contributed by atoms with Crippen LogP contribution in [0.4, 0.5) is 0 Å². The van der Waals surface area contributed by atoms with E-state index >= 15 is 0 Å². The molecule has 2 N–H and O–H groups in total. The summed E-state index contributed by atoms with van der Waals surface area (Å²) in [6, 6.07) is 0. The summed E-state index contributed by atoms with van der Waals surface area (Å²) in [6.45, 7) is 3.89. The minimum Gasteiger partial charge on any atom is -0.375 e. The maximum absolute atomic E-state index is 5.49. The van der Waals surface area contributed by atoms with Crippen molar-refractivity contribution in [1.82, 2.24) is 15.3 Å². The molecule has 4 nitrogen and oxygen atoms in total. The predicted octanol–water partition coefficient (Wildman–Crippen LogP) is 0.249. The lowest BCUT2D eigenvalue weighted by atomic mass is 9.90. The number of aryl methyl sites for hydroxylation is 1. The molecular formula is C9H15N3O. The van der Waals surface area contributed by atoms with Crippen LogP contribution in [0.15, 0.2) is 6.33 Å². The van der Waals surface area contributed by atoms with Crippen molar-refractivity contribution >= 4 is 0 Å². The largest absolute Gasteiger partial charge is 0.375 e. The fourth-order valence-electron chi connectivity index (χ4n) is 1.62. The number of hydrogen-bond acceptors (Lipinski definition) is 3. The molecular weight excluding hydrogens is 166 g/mol. The van der Waals surface area contributed by atoms with E-state index in [1.165, 1.54) is 0 Å². The van der Waals surface area contributed by atoms with Crippen molar-refractivity contribution in [3.63, 3.8) is 0 Å². The maximum atomic E-state index is 5.49. The molecule has 0 amide bonds. The first-order chi connectivity index (χ1) is 6.26. The van der Waals surface area contributed by atoms with Gasteiger partial charge in [-0.1, -0.05) is 0 Å². The van der Waals surface area contributed by atoms with Gasteiger partial charge < -0.3 is 15.0 Å². The summed E-state index contributed by atoms with van der Waals surface area (Å²) in [5.41, 5.74) is 2.24. The Labute approximate surface area is 77.7 Å². The van der Waals surface area contributed by atoms with E-state index in [1.54, 1.807) is 13.4 Å². The van der Waals surface area contributed by atoms with Crippen LogP contribution in [0.3, 0.4) is 0 Å². The number of aromatic nitrogens is 2. The Morgan fingerprint density at radius 3 is 2.77 bits per heavy atom. The quantitative estimate of drug-likeness (QED) is 0.702. The van der Waals surface area contributed by atoms with E-state index in [4.69, 9.17) is 4.74 Å². The van der Waals surface area contributed by atoms with Gasteiger partial charge in [-0.05, 0) is 6.92 Å². The van der Waals surface area contributed by atoms with Crippen LogP contribution in [0.2, 0.25) is 0 Å². The molecule has 2 heterocycles. The van der Waals surface area contributed by atoms with E-state index in [-0.39, 0.29) is 5.60 Å². The zero-order chi connectivity index (χ0) is 9.31. The van der Waals surface area contributed by atoms with Gasteiger partial charge in [0, 0.05) is 32.3 Å². The summed E-state index contributed by atoms with van der Waals surface area (Å²) in [5.74, 6) is 0. The number of aromatic amines is 1. The molecule has 0 unspecified atom stereocenters. The average Bonchev–Trinajstić information content (AvgIpc) is 2.44. The Morgan fingerprint density at radius 2 is 2.38 bits per heavy atom. The minimum absolute atomic E-state index is 0.0139. The number of H-pyrrole nitrogens is 1. The first kappa shape index (κ1) is 8.72. The van der Waals surface area contributed by atoms with Crippen molar-refractivity contribution < 1.29 is 4.74 Å². The fraction of sp³-hybridized carbons (Fsp3) is 0.667. The van der Waals surface area contributed by atoms with Gasteiger partial charge in [-0.15, -0.1) is 0 Å². The third-order valence-electron chi connectivity index (χ3n) is 2.75. The lowest BCUT2D eigenvalue weighted by Crippen LogP contribution is -2.62. The summed E-state index contributed by atoms with van der Waals surface area (Å²) in [4.78, 5) is 7.34. The van der Waals surface area contributed by atoms with Crippen molar-refractivity contribution in [2.45, 2.75) is 18.9 Å². The van der Waals surface area contributed by atoms with Gasteiger partial charge in [0.1, 0.15) is 0 Å². The highest BCUT2D eigenvalue weighted by atomic mass is 16.5. The molecule has 0 spiro atoms. The minimum atomic E-state index is -0.0139. The number of imidazole rings is 1. The lowest BCUT2D eigenvalue weighted by Gasteiger charge is -2.41. The second kappa shape index (κ2) is 3.12. The Bertz CT molecular complexity index is 285. The van der Waals surface area contributed by atoms with Gasteiger partial charge in [0.2, 0.25) is 0 Å². The first-order valence-corrected chi connectivity index (χ1v) is 4.50. The van der Waals surface area contributed by atoms with Crippen LogP contribution in [0.25, 0.3) is 0 Å². The maximum Gasteiger partial charge on any atom is 0.0981 e. The second-order valence-corrected chi connectivity index (χ2v) is 3.64. The summed E-state index contributed by atoms with van der Waals surface area (Å²) >= 11 is 0. The second-order valence-electron chi connectivity index (χ2n) is 3.64. The Hall–Kier alpha value is -0.870. The van der Waals surface area contributed by atoms with E-state index < -0.39 is 0 Å². The highest BCUT2D eigenvalue weighted by Gasteiger charge is 2.37. The number of rotatable bonds is 3. The third-order valence-corrected chi connectivity index (χ3v) is 2.75. The molecule has 4 heteroatoms. The molecule has 1 aromatic rings. The number of hydrogen-bond donors (Lipinski definition) is 2. The van der Waals surface area contributed by atoms with Gasteiger partial charge in [-0.2, -0.15) is 0 Å². The topological polar surface area (TPSA) is 49.9 Å². The number of nitrogens with zero attached hydrogens (tertiary/aromatic N) is 1. The average molecular weight is 181 g/mol. The highest BCUT2D eigenvalue weighted by Crippen LogP contribution is 2.21. The van der Waals surface area contributed by atoms with Crippen molar-refractivity contribution in [2.24, 2.45) is 0 Å². The van der Waals surface area contributed by atoms with Gasteiger partial charge in [-0.25, -0.2) is 4.98 Å². The molecule has 0 atom stereocenters. The molecule has 1 fully saturated rings. The Morgan fingerprint density at radius 1 is 1.62 bits per heavy atom. The zero-order valence-electron chi connectivity index (χ0n) is 8.05. The van der Waals surface area contributed by atoms with E-state index in [0.717, 1.165) is 30.9 Å². The lowest BCUT2D eigenvalue weighted by molar-refractivity contribution is -0.0509. The summed E-state index contributed by atoms with van der Waals surface area (Å²) in [7, 11) is 1.77. The number of nitrogens with one attached hydrogen (secondary N) is 2. The zero-order valence-corrected chi connectivity index (χ0v) is 8.05. The molecule has 0 aliphatic carbocycles. The van der Waals surface area contributed by atoms with E-state index in [9.17, 15) is 0 Å². The van der Waals surface area contributed by atoms with Crippen LogP contribution >= 0.6 is 0 Å². The fourth-order valence-corrected chi connectivity index (χ4v) is 1.62. The summed E-state index contributed by atoms with van der Waals surface area (Å²) in [6.07, 6.45) is 2.63. The van der Waals surface area contributed by atoms with Crippen LogP contribution in [0, 0.1) is 6.92 Å². The number of methoxy groups -OCH3 is 1. The molecule has 0 aromatic carbocycles. The van der Waals surface area contributed by atoms with Gasteiger partial charge in [-0.3, -0.25) is 0 Å². The van der Waals surface area contributed by atoms with Gasteiger partial charge >= 0.3 is 0 Å². The molecule has 0 saturated carbocycles. The van der Waals surface area contributed by atoms with Crippen molar-refractivity contribution in [3.05, 3.63) is 17.7 Å². The highest BCUT2D eigenvalue weighted by molar-refractivity contribution is 5.14. The molecule has 72 valence electrons. The number of ether oxygens (including phenoxy) is 1. The van der Waals surface area contributed by atoms with E-state index in [0.29, 0.717) is 0 Å². The van der Waals surface area contributed by atoms with Crippen LogP contribution in [-0.2, 0) is 11.2 Å². The van der Waals surface area contributed by atoms with Gasteiger partial charge in [0.25, 0.3) is 0 Å². The van der Waals surface area contributed by atoms with Crippen LogP contribution in [0.5, 0.6) is 0 Å². The SMILES string of the molecule is COC1(Cc2nc[nH]c2C)CNC1. The molecule has 1 aromatic heterocycles.